The maximum absolute atomic E-state index is 11.9. The number of nitrogens with zero attached hydrogens (tertiary/aromatic N) is 1. The first kappa shape index (κ1) is 16.2. The van der Waals surface area contributed by atoms with E-state index in [4.69, 9.17) is 9.84 Å². The molecule has 1 rings (SSSR count). The van der Waals surface area contributed by atoms with Crippen LogP contribution in [-0.2, 0) is 19.1 Å². The van der Waals surface area contributed by atoms with Gasteiger partial charge in [0.2, 0.25) is 0 Å². The zero-order valence-corrected chi connectivity index (χ0v) is 11.6. The Morgan fingerprint density at radius 3 is 2.45 bits per heavy atom. The summed E-state index contributed by atoms with van der Waals surface area (Å²) < 4.78 is 9.70. The summed E-state index contributed by atoms with van der Waals surface area (Å²) in [4.78, 5) is 35.0. The molecule has 1 aliphatic heterocycles. The number of aliphatic carboxylic acids is 1. The predicted octanol–water partition coefficient (Wildman–Crippen LogP) is -0.177. The molecule has 1 fully saturated rings. The van der Waals surface area contributed by atoms with Gasteiger partial charge in [0.15, 0.2) is 0 Å². The number of carbonyl (C=O) groups is 3. The third kappa shape index (κ3) is 5.04. The van der Waals surface area contributed by atoms with Gasteiger partial charge in [-0.1, -0.05) is 0 Å². The summed E-state index contributed by atoms with van der Waals surface area (Å²) in [7, 11) is 1.26. The van der Waals surface area contributed by atoms with Gasteiger partial charge in [0.25, 0.3) is 0 Å². The molecule has 20 heavy (non-hydrogen) atoms. The first-order chi connectivity index (χ1) is 9.43. The first-order valence-electron chi connectivity index (χ1n) is 6.40. The number of hydrogen-bond acceptors (Lipinski definition) is 5. The van der Waals surface area contributed by atoms with Crippen LogP contribution in [0.4, 0.5) is 4.79 Å². The minimum absolute atomic E-state index is 0.145. The molecule has 0 bridgehead atoms. The van der Waals surface area contributed by atoms with Gasteiger partial charge in [0.1, 0.15) is 12.6 Å². The third-order valence-corrected chi connectivity index (χ3v) is 3.07. The lowest BCUT2D eigenvalue weighted by atomic mass is 10.1. The fourth-order valence-corrected chi connectivity index (χ4v) is 1.93. The number of likely N-dealkylation sites (tertiary alicyclic amines) is 1. The van der Waals surface area contributed by atoms with Crippen LogP contribution in [0, 0.1) is 0 Å². The fourth-order valence-electron chi connectivity index (χ4n) is 1.93. The Kier molecular flexibility index (Phi) is 6.23. The Balaban J connectivity index is 2.32. The topological polar surface area (TPSA) is 105 Å². The van der Waals surface area contributed by atoms with Crippen LogP contribution in [0.3, 0.4) is 0 Å². The number of carbonyl (C=O) groups excluding carboxylic acids is 2. The molecule has 1 aliphatic rings. The van der Waals surface area contributed by atoms with E-state index in [1.165, 1.54) is 7.11 Å². The number of carboxylic acid groups (broad SMARTS) is 1. The molecule has 1 heterocycles. The lowest BCUT2D eigenvalue weighted by molar-refractivity contribution is -0.145. The molecule has 1 unspecified atom stereocenters. The molecule has 0 aliphatic carbocycles. The van der Waals surface area contributed by atoms with E-state index in [1.807, 2.05) is 0 Å². The molecule has 2 amide bonds. The monoisotopic (exact) mass is 288 g/mol. The van der Waals surface area contributed by atoms with Crippen molar-refractivity contribution in [3.63, 3.8) is 0 Å². The van der Waals surface area contributed by atoms with Crippen molar-refractivity contribution in [3.05, 3.63) is 0 Å². The number of methoxy groups -OCH3 is 1. The van der Waals surface area contributed by atoms with Crippen LogP contribution in [0.1, 0.15) is 19.8 Å². The van der Waals surface area contributed by atoms with Gasteiger partial charge in [-0.2, -0.15) is 0 Å². The quantitative estimate of drug-likeness (QED) is 0.680. The standard InChI is InChI=1S/C12H20N2O6/c1-8(11(17)19-2)13-12(18)14-5-3-9(4-6-14)20-7-10(15)16/h8-9H,3-7H2,1-2H3,(H,13,18)(H,15,16). The average Bonchev–Trinajstić information content (AvgIpc) is 2.44. The summed E-state index contributed by atoms with van der Waals surface area (Å²) in [6.07, 6.45) is 1.01. The number of ether oxygens (including phenoxy) is 2. The lowest BCUT2D eigenvalue weighted by Crippen LogP contribution is -2.50. The molecule has 0 aromatic rings. The minimum atomic E-state index is -1.00. The smallest absolute Gasteiger partial charge is 0.329 e. The zero-order valence-electron chi connectivity index (χ0n) is 11.6. The number of esters is 1. The van der Waals surface area contributed by atoms with Crippen molar-refractivity contribution in [3.8, 4) is 0 Å². The average molecular weight is 288 g/mol. The molecule has 0 radical (unpaired) electrons. The summed E-state index contributed by atoms with van der Waals surface area (Å²) in [5.41, 5.74) is 0. The van der Waals surface area contributed by atoms with E-state index in [0.29, 0.717) is 25.9 Å². The maximum Gasteiger partial charge on any atom is 0.329 e. The van der Waals surface area contributed by atoms with E-state index in [1.54, 1.807) is 11.8 Å². The van der Waals surface area contributed by atoms with Gasteiger partial charge in [0, 0.05) is 13.1 Å². The van der Waals surface area contributed by atoms with Crippen molar-refractivity contribution in [1.29, 1.82) is 0 Å². The van der Waals surface area contributed by atoms with Crippen molar-refractivity contribution < 1.29 is 29.0 Å². The van der Waals surface area contributed by atoms with E-state index in [-0.39, 0.29) is 18.7 Å². The maximum atomic E-state index is 11.9. The SMILES string of the molecule is COC(=O)C(C)NC(=O)N1CCC(OCC(=O)O)CC1. The number of carboxylic acids is 1. The number of amides is 2. The third-order valence-electron chi connectivity index (χ3n) is 3.07. The van der Waals surface area contributed by atoms with Crippen LogP contribution in [0.25, 0.3) is 0 Å². The summed E-state index contributed by atoms with van der Waals surface area (Å²) in [6, 6.07) is -1.03. The van der Waals surface area contributed by atoms with E-state index in [0.717, 1.165) is 0 Å². The van der Waals surface area contributed by atoms with E-state index in [9.17, 15) is 14.4 Å². The van der Waals surface area contributed by atoms with Gasteiger partial charge in [-0.25, -0.2) is 14.4 Å². The molecule has 1 saturated heterocycles. The molecule has 8 heteroatoms. The van der Waals surface area contributed by atoms with Crippen LogP contribution in [-0.4, -0.2) is 66.9 Å². The van der Waals surface area contributed by atoms with Crippen LogP contribution in [0.5, 0.6) is 0 Å². The minimum Gasteiger partial charge on any atom is -0.480 e. The highest BCUT2D eigenvalue weighted by atomic mass is 16.5. The van der Waals surface area contributed by atoms with Gasteiger partial charge in [-0.05, 0) is 19.8 Å². The van der Waals surface area contributed by atoms with Crippen molar-refractivity contribution >= 4 is 18.0 Å². The molecule has 0 aromatic heterocycles. The molecule has 8 nitrogen and oxygen atoms in total. The number of urea groups is 1. The molecule has 0 saturated carbocycles. The number of nitrogens with one attached hydrogen (secondary N) is 1. The van der Waals surface area contributed by atoms with Gasteiger partial charge in [-0.15, -0.1) is 0 Å². The molecule has 0 aromatic carbocycles. The highest BCUT2D eigenvalue weighted by Gasteiger charge is 2.25. The number of hydrogen-bond donors (Lipinski definition) is 2. The molecule has 2 N–H and O–H groups in total. The van der Waals surface area contributed by atoms with Crippen molar-refractivity contribution in [2.75, 3.05) is 26.8 Å². The molecular weight excluding hydrogens is 268 g/mol. The van der Waals surface area contributed by atoms with Gasteiger partial charge >= 0.3 is 18.0 Å². The molecule has 114 valence electrons. The predicted molar refractivity (Wildman–Crippen MR) is 68.2 cm³/mol. The van der Waals surface area contributed by atoms with Crippen LogP contribution >= 0.6 is 0 Å². The Hall–Kier alpha value is -1.83. The lowest BCUT2D eigenvalue weighted by Gasteiger charge is -2.32. The zero-order chi connectivity index (χ0) is 15.1. The summed E-state index contributed by atoms with van der Waals surface area (Å²) >= 11 is 0. The van der Waals surface area contributed by atoms with Crippen LogP contribution < -0.4 is 5.32 Å². The molecule has 1 atom stereocenters. The van der Waals surface area contributed by atoms with Crippen molar-refractivity contribution in [2.24, 2.45) is 0 Å². The number of piperidine rings is 1. The second-order valence-corrected chi connectivity index (χ2v) is 4.59. The highest BCUT2D eigenvalue weighted by molar-refractivity contribution is 5.83. The second-order valence-electron chi connectivity index (χ2n) is 4.59. The van der Waals surface area contributed by atoms with E-state index < -0.39 is 18.0 Å². The van der Waals surface area contributed by atoms with Gasteiger partial charge in [-0.3, -0.25) is 0 Å². The van der Waals surface area contributed by atoms with Gasteiger partial charge in [0.05, 0.1) is 13.2 Å². The second kappa shape index (κ2) is 7.68. The fraction of sp³-hybridized carbons (Fsp3) is 0.750. The van der Waals surface area contributed by atoms with Crippen molar-refractivity contribution in [2.45, 2.75) is 31.9 Å². The Morgan fingerprint density at radius 1 is 1.35 bits per heavy atom. The van der Waals surface area contributed by atoms with Crippen LogP contribution in [0.2, 0.25) is 0 Å². The summed E-state index contributed by atoms with van der Waals surface area (Å²) in [6.45, 7) is 2.15. The first-order valence-corrected chi connectivity index (χ1v) is 6.40. The van der Waals surface area contributed by atoms with E-state index in [2.05, 4.69) is 10.1 Å². The van der Waals surface area contributed by atoms with Gasteiger partial charge < -0.3 is 24.8 Å². The number of rotatable bonds is 5. The summed E-state index contributed by atoms with van der Waals surface area (Å²) in [5, 5.41) is 11.1. The normalized spacial score (nSPS) is 17.4. The van der Waals surface area contributed by atoms with Crippen molar-refractivity contribution in [1.82, 2.24) is 10.2 Å². The Morgan fingerprint density at radius 2 is 1.95 bits per heavy atom. The summed E-state index contributed by atoms with van der Waals surface area (Å²) in [5.74, 6) is -1.50. The largest absolute Gasteiger partial charge is 0.480 e. The Labute approximate surface area is 117 Å². The highest BCUT2D eigenvalue weighted by Crippen LogP contribution is 2.13. The van der Waals surface area contributed by atoms with Crippen LogP contribution in [0.15, 0.2) is 0 Å². The molecular formula is C12H20N2O6. The molecule has 0 spiro atoms. The Bertz CT molecular complexity index is 365. The van der Waals surface area contributed by atoms with E-state index >= 15 is 0 Å².